The summed E-state index contributed by atoms with van der Waals surface area (Å²) >= 11 is 0. The molecule has 2 saturated heterocycles. The van der Waals surface area contributed by atoms with Crippen LogP contribution in [0, 0.1) is 0 Å². The molecule has 2 fully saturated rings. The smallest absolute Gasteiger partial charge is 0.406 e. The molecular formula is C17H21F3N2O3. The van der Waals surface area contributed by atoms with Gasteiger partial charge in [-0.25, -0.2) is 0 Å². The van der Waals surface area contributed by atoms with Crippen molar-refractivity contribution in [3.63, 3.8) is 0 Å². The molecule has 1 atom stereocenters. The Labute approximate surface area is 144 Å². The van der Waals surface area contributed by atoms with Gasteiger partial charge in [0.15, 0.2) is 0 Å². The van der Waals surface area contributed by atoms with E-state index in [9.17, 15) is 18.0 Å². The third-order valence-corrected chi connectivity index (χ3v) is 4.57. The van der Waals surface area contributed by atoms with Crippen LogP contribution in [0.25, 0.3) is 0 Å². The van der Waals surface area contributed by atoms with Crippen molar-refractivity contribution in [3.05, 3.63) is 29.8 Å². The molecule has 0 saturated carbocycles. The topological polar surface area (TPSA) is 42.0 Å². The van der Waals surface area contributed by atoms with Gasteiger partial charge in [-0.1, -0.05) is 0 Å². The number of ether oxygens (including phenoxy) is 2. The van der Waals surface area contributed by atoms with Crippen LogP contribution in [-0.2, 0) is 4.74 Å². The number of amides is 1. The van der Waals surface area contributed by atoms with Gasteiger partial charge in [0.05, 0.1) is 6.61 Å². The van der Waals surface area contributed by atoms with E-state index in [0.29, 0.717) is 24.7 Å². The third kappa shape index (κ3) is 4.85. The van der Waals surface area contributed by atoms with E-state index in [0.717, 1.165) is 39.1 Å². The fourth-order valence-electron chi connectivity index (χ4n) is 3.30. The van der Waals surface area contributed by atoms with Crippen LogP contribution in [0.3, 0.4) is 0 Å². The van der Waals surface area contributed by atoms with E-state index in [-0.39, 0.29) is 11.7 Å². The van der Waals surface area contributed by atoms with Gasteiger partial charge in [-0.2, -0.15) is 0 Å². The number of rotatable bonds is 3. The van der Waals surface area contributed by atoms with E-state index < -0.39 is 6.36 Å². The molecule has 2 heterocycles. The number of nitrogens with zero attached hydrogens (tertiary/aromatic N) is 2. The Morgan fingerprint density at radius 3 is 2.52 bits per heavy atom. The molecule has 25 heavy (non-hydrogen) atoms. The minimum absolute atomic E-state index is 0.164. The molecular weight excluding hydrogens is 337 g/mol. The maximum Gasteiger partial charge on any atom is 0.573 e. The summed E-state index contributed by atoms with van der Waals surface area (Å²) < 4.78 is 45.8. The molecule has 5 nitrogen and oxygen atoms in total. The molecule has 1 aromatic rings. The molecule has 0 radical (unpaired) electrons. The van der Waals surface area contributed by atoms with Gasteiger partial charge in [-0.05, 0) is 37.1 Å². The number of hydrogen-bond acceptors (Lipinski definition) is 4. The first kappa shape index (κ1) is 18.0. The van der Waals surface area contributed by atoms with Gasteiger partial charge < -0.3 is 14.4 Å². The van der Waals surface area contributed by atoms with Crippen LogP contribution >= 0.6 is 0 Å². The summed E-state index contributed by atoms with van der Waals surface area (Å²) in [6, 6.07) is 5.50. The van der Waals surface area contributed by atoms with Crippen molar-refractivity contribution >= 4 is 5.91 Å². The maximum atomic E-state index is 12.6. The second kappa shape index (κ2) is 7.61. The summed E-state index contributed by atoms with van der Waals surface area (Å²) in [5, 5.41) is 0. The van der Waals surface area contributed by atoms with E-state index in [1.807, 2.05) is 0 Å². The Morgan fingerprint density at radius 1 is 1.12 bits per heavy atom. The molecule has 1 unspecified atom stereocenters. The Balaban J connectivity index is 1.58. The van der Waals surface area contributed by atoms with Crippen LogP contribution in [0.2, 0.25) is 0 Å². The van der Waals surface area contributed by atoms with Crippen molar-refractivity contribution in [3.8, 4) is 5.75 Å². The number of hydrogen-bond donors (Lipinski definition) is 0. The molecule has 3 rings (SSSR count). The van der Waals surface area contributed by atoms with E-state index in [4.69, 9.17) is 4.74 Å². The van der Waals surface area contributed by atoms with E-state index in [2.05, 4.69) is 9.64 Å². The number of halogens is 3. The predicted molar refractivity (Wildman–Crippen MR) is 84.4 cm³/mol. The Morgan fingerprint density at radius 2 is 1.88 bits per heavy atom. The molecule has 0 aromatic heterocycles. The van der Waals surface area contributed by atoms with Crippen LogP contribution in [-0.4, -0.2) is 67.5 Å². The van der Waals surface area contributed by atoms with E-state index in [1.165, 1.54) is 24.3 Å². The standard InChI is InChI=1S/C17H21F3N2O3/c18-17(19,20)25-15-4-2-13(3-5-15)16(23)22-8-1-7-21(9-10-22)14-6-11-24-12-14/h2-5,14H,1,6-12H2. The molecule has 2 aliphatic rings. The SMILES string of the molecule is O=C(c1ccc(OC(F)(F)F)cc1)N1CCCN(C2CCOC2)CC1. The number of carbonyl (C=O) groups is 1. The fraction of sp³-hybridized carbons (Fsp3) is 0.588. The highest BCUT2D eigenvalue weighted by atomic mass is 19.4. The largest absolute Gasteiger partial charge is 0.573 e. The minimum atomic E-state index is -4.73. The Hall–Kier alpha value is -1.80. The van der Waals surface area contributed by atoms with Crippen LogP contribution in [0.5, 0.6) is 5.75 Å². The van der Waals surface area contributed by atoms with Crippen LogP contribution in [0.1, 0.15) is 23.2 Å². The first-order chi connectivity index (χ1) is 11.9. The lowest BCUT2D eigenvalue weighted by molar-refractivity contribution is -0.274. The lowest BCUT2D eigenvalue weighted by Gasteiger charge is -2.26. The molecule has 2 aliphatic heterocycles. The van der Waals surface area contributed by atoms with Crippen molar-refractivity contribution in [2.24, 2.45) is 0 Å². The summed E-state index contributed by atoms with van der Waals surface area (Å²) in [5.41, 5.74) is 0.368. The molecule has 0 aliphatic carbocycles. The quantitative estimate of drug-likeness (QED) is 0.833. The molecule has 138 valence electrons. The van der Waals surface area contributed by atoms with Gasteiger partial charge >= 0.3 is 6.36 Å². The second-order valence-corrected chi connectivity index (χ2v) is 6.27. The highest BCUT2D eigenvalue weighted by Gasteiger charge is 2.31. The zero-order valence-corrected chi connectivity index (χ0v) is 13.8. The van der Waals surface area contributed by atoms with Gasteiger partial charge in [-0.3, -0.25) is 9.69 Å². The lowest BCUT2D eigenvalue weighted by atomic mass is 10.2. The lowest BCUT2D eigenvalue weighted by Crippen LogP contribution is -2.39. The molecule has 0 spiro atoms. The summed E-state index contributed by atoms with van der Waals surface area (Å²) in [6.45, 7) is 4.50. The maximum absolute atomic E-state index is 12.6. The first-order valence-electron chi connectivity index (χ1n) is 8.39. The minimum Gasteiger partial charge on any atom is -0.406 e. The molecule has 1 aromatic carbocycles. The molecule has 0 bridgehead atoms. The highest BCUT2D eigenvalue weighted by Crippen LogP contribution is 2.23. The fourth-order valence-corrected chi connectivity index (χ4v) is 3.30. The number of carbonyl (C=O) groups excluding carboxylic acids is 1. The molecule has 1 amide bonds. The number of alkyl halides is 3. The molecule has 0 N–H and O–H groups in total. The Bertz CT molecular complexity index is 586. The van der Waals surface area contributed by atoms with Crippen molar-refractivity contribution in [1.29, 1.82) is 0 Å². The zero-order valence-electron chi connectivity index (χ0n) is 13.8. The third-order valence-electron chi connectivity index (χ3n) is 4.57. The summed E-state index contributed by atoms with van der Waals surface area (Å²) in [4.78, 5) is 16.7. The monoisotopic (exact) mass is 358 g/mol. The van der Waals surface area contributed by atoms with Crippen LogP contribution in [0.4, 0.5) is 13.2 Å². The second-order valence-electron chi connectivity index (χ2n) is 6.27. The summed E-state index contributed by atoms with van der Waals surface area (Å²) in [6.07, 6.45) is -2.84. The summed E-state index contributed by atoms with van der Waals surface area (Å²) in [5.74, 6) is -0.490. The van der Waals surface area contributed by atoms with Crippen molar-refractivity contribution in [2.45, 2.75) is 25.2 Å². The number of benzene rings is 1. The van der Waals surface area contributed by atoms with Gasteiger partial charge in [0.1, 0.15) is 5.75 Å². The average Bonchev–Trinajstić information content (AvgIpc) is 2.98. The average molecular weight is 358 g/mol. The van der Waals surface area contributed by atoms with Crippen molar-refractivity contribution in [2.75, 3.05) is 39.4 Å². The normalized spacial score (nSPS) is 22.7. The van der Waals surface area contributed by atoms with E-state index in [1.54, 1.807) is 4.90 Å². The van der Waals surface area contributed by atoms with Crippen LogP contribution < -0.4 is 4.74 Å². The Kier molecular flexibility index (Phi) is 5.48. The van der Waals surface area contributed by atoms with Crippen molar-refractivity contribution in [1.82, 2.24) is 9.80 Å². The highest BCUT2D eigenvalue weighted by molar-refractivity contribution is 5.94. The van der Waals surface area contributed by atoms with Gasteiger partial charge in [-0.15, -0.1) is 13.2 Å². The van der Waals surface area contributed by atoms with Gasteiger partial charge in [0.25, 0.3) is 5.91 Å². The van der Waals surface area contributed by atoms with Crippen LogP contribution in [0.15, 0.2) is 24.3 Å². The predicted octanol–water partition coefficient (Wildman–Crippen LogP) is 2.52. The van der Waals surface area contributed by atoms with Crippen molar-refractivity contribution < 1.29 is 27.4 Å². The summed E-state index contributed by atoms with van der Waals surface area (Å²) in [7, 11) is 0. The first-order valence-corrected chi connectivity index (χ1v) is 8.39. The molecule has 8 heteroatoms. The van der Waals surface area contributed by atoms with Gasteiger partial charge in [0, 0.05) is 44.4 Å². The van der Waals surface area contributed by atoms with Gasteiger partial charge in [0.2, 0.25) is 0 Å². The zero-order chi connectivity index (χ0) is 17.9. The van der Waals surface area contributed by atoms with E-state index >= 15 is 0 Å².